The summed E-state index contributed by atoms with van der Waals surface area (Å²) >= 11 is 5.92. The Balaban J connectivity index is 0.00000320. The highest BCUT2D eigenvalue weighted by Gasteiger charge is 2.10. The molecule has 0 bridgehead atoms. The fourth-order valence-electron chi connectivity index (χ4n) is 3.45. The van der Waals surface area contributed by atoms with Gasteiger partial charge >= 0.3 is 0 Å². The van der Waals surface area contributed by atoms with Gasteiger partial charge < -0.3 is 20.1 Å². The summed E-state index contributed by atoms with van der Waals surface area (Å²) in [6.07, 6.45) is 7.20. The molecular weight excluding hydrogens is 515 g/mol. The fourth-order valence-corrected chi connectivity index (χ4v) is 3.58. The SMILES string of the molecule is CN=C(NCCCN1CCCCCC1)NCCc1nc(-c2ccc(Cl)cc2)no1.I. The number of nitrogens with zero attached hydrogens (tertiary/aromatic N) is 4. The molecule has 1 aromatic carbocycles. The number of hydrogen-bond acceptors (Lipinski definition) is 5. The summed E-state index contributed by atoms with van der Waals surface area (Å²) in [5.74, 6) is 1.98. The van der Waals surface area contributed by atoms with Crippen LogP contribution in [0.25, 0.3) is 11.4 Å². The van der Waals surface area contributed by atoms with Gasteiger partial charge in [0.25, 0.3) is 0 Å². The summed E-state index contributed by atoms with van der Waals surface area (Å²) in [5.41, 5.74) is 0.888. The Kier molecular flexibility index (Phi) is 11.5. The normalized spacial score (nSPS) is 15.3. The van der Waals surface area contributed by atoms with Gasteiger partial charge in [-0.15, -0.1) is 24.0 Å². The van der Waals surface area contributed by atoms with Crippen LogP contribution in [0.2, 0.25) is 5.02 Å². The molecule has 2 heterocycles. The Morgan fingerprint density at radius 2 is 1.80 bits per heavy atom. The highest BCUT2D eigenvalue weighted by atomic mass is 127. The molecule has 9 heteroatoms. The van der Waals surface area contributed by atoms with Gasteiger partial charge in [0.2, 0.25) is 11.7 Å². The van der Waals surface area contributed by atoms with Gasteiger partial charge in [0.1, 0.15) is 0 Å². The number of aromatic nitrogens is 2. The Morgan fingerprint density at radius 1 is 1.10 bits per heavy atom. The Morgan fingerprint density at radius 3 is 2.50 bits per heavy atom. The van der Waals surface area contributed by atoms with Gasteiger partial charge in [-0.2, -0.15) is 4.98 Å². The van der Waals surface area contributed by atoms with Crippen LogP contribution >= 0.6 is 35.6 Å². The fraction of sp³-hybridized carbons (Fsp3) is 0.571. The second kappa shape index (κ2) is 13.8. The lowest BCUT2D eigenvalue weighted by Crippen LogP contribution is -2.39. The molecule has 30 heavy (non-hydrogen) atoms. The molecule has 1 saturated heterocycles. The summed E-state index contributed by atoms with van der Waals surface area (Å²) < 4.78 is 5.34. The van der Waals surface area contributed by atoms with Crippen molar-refractivity contribution in [3.8, 4) is 11.4 Å². The predicted octanol–water partition coefficient (Wildman–Crippen LogP) is 3.98. The zero-order chi connectivity index (χ0) is 20.3. The van der Waals surface area contributed by atoms with Gasteiger partial charge in [0, 0.05) is 37.1 Å². The third-order valence-electron chi connectivity index (χ3n) is 5.07. The number of benzene rings is 1. The van der Waals surface area contributed by atoms with Crippen LogP contribution in [0, 0.1) is 0 Å². The lowest BCUT2D eigenvalue weighted by Gasteiger charge is -2.20. The largest absolute Gasteiger partial charge is 0.356 e. The van der Waals surface area contributed by atoms with E-state index in [1.807, 2.05) is 24.3 Å². The number of likely N-dealkylation sites (tertiary alicyclic amines) is 1. The van der Waals surface area contributed by atoms with E-state index in [1.165, 1.54) is 38.8 Å². The highest BCUT2D eigenvalue weighted by molar-refractivity contribution is 14.0. The smallest absolute Gasteiger partial charge is 0.228 e. The molecule has 0 amide bonds. The van der Waals surface area contributed by atoms with Crippen molar-refractivity contribution in [3.63, 3.8) is 0 Å². The highest BCUT2D eigenvalue weighted by Crippen LogP contribution is 2.18. The second-order valence-corrected chi connectivity index (χ2v) is 7.74. The van der Waals surface area contributed by atoms with E-state index in [2.05, 4.69) is 30.7 Å². The minimum Gasteiger partial charge on any atom is -0.356 e. The number of halogens is 2. The number of aliphatic imine (C=N–C) groups is 1. The first-order valence-corrected chi connectivity index (χ1v) is 10.9. The van der Waals surface area contributed by atoms with E-state index >= 15 is 0 Å². The molecule has 1 aromatic heterocycles. The van der Waals surface area contributed by atoms with E-state index in [4.69, 9.17) is 16.1 Å². The molecule has 0 saturated carbocycles. The van der Waals surface area contributed by atoms with Crippen molar-refractivity contribution in [1.82, 2.24) is 25.7 Å². The van der Waals surface area contributed by atoms with E-state index in [9.17, 15) is 0 Å². The number of guanidine groups is 1. The molecule has 1 aliphatic heterocycles. The van der Waals surface area contributed by atoms with Gasteiger partial charge in [-0.05, 0) is 63.2 Å². The second-order valence-electron chi connectivity index (χ2n) is 7.30. The third kappa shape index (κ3) is 8.39. The van der Waals surface area contributed by atoms with Crippen LogP contribution in [0.4, 0.5) is 0 Å². The van der Waals surface area contributed by atoms with Gasteiger partial charge in [-0.1, -0.05) is 29.6 Å². The molecule has 2 aromatic rings. The summed E-state index contributed by atoms with van der Waals surface area (Å²) in [6, 6.07) is 7.40. The van der Waals surface area contributed by atoms with Crippen molar-refractivity contribution in [2.45, 2.75) is 38.5 Å². The van der Waals surface area contributed by atoms with Crippen LogP contribution in [-0.4, -0.2) is 60.8 Å². The van der Waals surface area contributed by atoms with Crippen molar-refractivity contribution >= 4 is 41.5 Å². The number of hydrogen-bond donors (Lipinski definition) is 2. The average Bonchev–Trinajstić information content (AvgIpc) is 3.05. The molecule has 166 valence electrons. The maximum atomic E-state index is 5.92. The van der Waals surface area contributed by atoms with Crippen molar-refractivity contribution in [1.29, 1.82) is 0 Å². The molecule has 1 aliphatic rings. The zero-order valence-electron chi connectivity index (χ0n) is 17.6. The third-order valence-corrected chi connectivity index (χ3v) is 5.32. The summed E-state index contributed by atoms with van der Waals surface area (Å²) in [4.78, 5) is 11.3. The first-order chi connectivity index (χ1) is 14.2. The molecule has 0 aliphatic carbocycles. The first kappa shape index (κ1) is 24.9. The predicted molar refractivity (Wildman–Crippen MR) is 133 cm³/mol. The van der Waals surface area contributed by atoms with E-state index in [-0.39, 0.29) is 24.0 Å². The molecule has 1 fully saturated rings. The zero-order valence-corrected chi connectivity index (χ0v) is 20.7. The lowest BCUT2D eigenvalue weighted by atomic mass is 10.2. The van der Waals surface area contributed by atoms with Crippen molar-refractivity contribution < 1.29 is 4.52 Å². The standard InChI is InChI=1S/C21H31ClN6O.HI/c1-23-21(24-12-6-16-28-14-4-2-3-5-15-28)25-13-11-19-26-20(27-29-19)17-7-9-18(22)10-8-17;/h7-10H,2-6,11-16H2,1H3,(H2,23,24,25);1H. The monoisotopic (exact) mass is 546 g/mol. The molecule has 7 nitrogen and oxygen atoms in total. The van der Waals surface area contributed by atoms with E-state index in [0.717, 1.165) is 31.0 Å². The van der Waals surface area contributed by atoms with Crippen LogP contribution in [0.15, 0.2) is 33.8 Å². The summed E-state index contributed by atoms with van der Waals surface area (Å²) in [7, 11) is 1.79. The molecule has 3 rings (SSSR count). The van der Waals surface area contributed by atoms with Crippen LogP contribution in [0.3, 0.4) is 0 Å². The molecule has 0 radical (unpaired) electrons. The van der Waals surface area contributed by atoms with Crippen LogP contribution in [0.1, 0.15) is 38.0 Å². The topological polar surface area (TPSA) is 78.6 Å². The van der Waals surface area contributed by atoms with Crippen LogP contribution < -0.4 is 10.6 Å². The maximum Gasteiger partial charge on any atom is 0.228 e. The van der Waals surface area contributed by atoms with E-state index in [1.54, 1.807) is 7.05 Å². The van der Waals surface area contributed by atoms with Gasteiger partial charge in [0.15, 0.2) is 5.96 Å². The van der Waals surface area contributed by atoms with E-state index in [0.29, 0.717) is 29.7 Å². The maximum absolute atomic E-state index is 5.92. The molecular formula is C21H32ClIN6O. The van der Waals surface area contributed by atoms with Gasteiger partial charge in [0.05, 0.1) is 0 Å². The van der Waals surface area contributed by atoms with Crippen LogP contribution in [-0.2, 0) is 6.42 Å². The Bertz CT molecular complexity index is 759. The van der Waals surface area contributed by atoms with Crippen molar-refractivity contribution in [2.75, 3.05) is 39.8 Å². The van der Waals surface area contributed by atoms with Gasteiger partial charge in [-0.25, -0.2) is 0 Å². The lowest BCUT2D eigenvalue weighted by molar-refractivity contribution is 0.282. The average molecular weight is 547 g/mol. The van der Waals surface area contributed by atoms with Crippen molar-refractivity contribution in [3.05, 3.63) is 35.2 Å². The van der Waals surface area contributed by atoms with Crippen molar-refractivity contribution in [2.24, 2.45) is 4.99 Å². The Labute approximate surface area is 201 Å². The number of rotatable bonds is 8. The molecule has 0 spiro atoms. The minimum atomic E-state index is 0. The summed E-state index contributed by atoms with van der Waals surface area (Å²) in [6.45, 7) is 5.23. The summed E-state index contributed by atoms with van der Waals surface area (Å²) in [5, 5.41) is 11.4. The first-order valence-electron chi connectivity index (χ1n) is 10.5. The van der Waals surface area contributed by atoms with Gasteiger partial charge in [-0.3, -0.25) is 4.99 Å². The number of nitrogens with one attached hydrogen (secondary N) is 2. The minimum absolute atomic E-state index is 0. The quantitative estimate of drug-likeness (QED) is 0.226. The molecule has 0 unspecified atom stereocenters. The van der Waals surface area contributed by atoms with Crippen LogP contribution in [0.5, 0.6) is 0 Å². The van der Waals surface area contributed by atoms with E-state index < -0.39 is 0 Å². The molecule has 0 atom stereocenters. The molecule has 2 N–H and O–H groups in total. The Hall–Kier alpha value is -1.39.